The van der Waals surface area contributed by atoms with Crippen molar-refractivity contribution in [2.45, 2.75) is 4.90 Å². The highest BCUT2D eigenvalue weighted by atomic mass is 32.2. The maximum atomic E-state index is 12.3. The molecule has 1 saturated heterocycles. The molecule has 1 aliphatic rings. The summed E-state index contributed by atoms with van der Waals surface area (Å²) in [5.41, 5.74) is 0.477. The fourth-order valence-electron chi connectivity index (χ4n) is 2.28. The molecule has 0 saturated carbocycles. The maximum Gasteiger partial charge on any atom is 0.339 e. The molecule has 0 spiro atoms. The van der Waals surface area contributed by atoms with Crippen LogP contribution in [-0.2, 0) is 10.1 Å². The summed E-state index contributed by atoms with van der Waals surface area (Å²) >= 11 is 0. The van der Waals surface area contributed by atoms with Gasteiger partial charge in [-0.15, -0.1) is 4.91 Å². The number of para-hydroxylation sites is 1. The van der Waals surface area contributed by atoms with Crippen LogP contribution in [0.15, 0.2) is 58.6 Å². The van der Waals surface area contributed by atoms with E-state index in [1.807, 2.05) is 0 Å². The minimum Gasteiger partial charge on any atom is -0.377 e. The molecule has 0 atom stereocenters. The predicted molar refractivity (Wildman–Crippen MR) is 86.9 cm³/mol. The number of benzene rings is 2. The van der Waals surface area contributed by atoms with Crippen molar-refractivity contribution in [3.05, 3.63) is 53.4 Å². The summed E-state index contributed by atoms with van der Waals surface area (Å²) in [6, 6.07) is 11.3. The van der Waals surface area contributed by atoms with Gasteiger partial charge in [0.25, 0.3) is 0 Å². The number of hydrogen-bond acceptors (Lipinski definition) is 6. The number of rotatable bonds is 5. The second-order valence-corrected chi connectivity index (χ2v) is 6.52. The Kier molecular flexibility index (Phi) is 4.17. The highest BCUT2D eigenvalue weighted by Crippen LogP contribution is 2.30. The molecule has 8 nitrogen and oxygen atoms in total. The first-order valence-electron chi connectivity index (χ1n) is 7.03. The third-order valence-electron chi connectivity index (χ3n) is 3.46. The molecule has 1 aliphatic heterocycles. The van der Waals surface area contributed by atoms with E-state index in [0.717, 1.165) is 0 Å². The lowest BCUT2D eigenvalue weighted by atomic mass is 10.3. The Morgan fingerprint density at radius 2 is 1.79 bits per heavy atom. The molecule has 0 aliphatic carbocycles. The van der Waals surface area contributed by atoms with Crippen LogP contribution in [0.4, 0.5) is 16.2 Å². The zero-order chi connectivity index (χ0) is 17.2. The summed E-state index contributed by atoms with van der Waals surface area (Å²) in [4.78, 5) is 23.7. The largest absolute Gasteiger partial charge is 0.377 e. The van der Waals surface area contributed by atoms with Gasteiger partial charge in [-0.05, 0) is 41.6 Å². The lowest BCUT2D eigenvalue weighted by Gasteiger charge is -2.14. The molecular formula is C15H13N3O5S. The first kappa shape index (κ1) is 15.9. The number of hydrogen-bond donors (Lipinski definition) is 1. The van der Waals surface area contributed by atoms with Crippen LogP contribution < -0.4 is 14.4 Å². The second-order valence-electron chi connectivity index (χ2n) is 4.97. The Morgan fingerprint density at radius 1 is 1.08 bits per heavy atom. The molecule has 9 heteroatoms. The van der Waals surface area contributed by atoms with Gasteiger partial charge in [0, 0.05) is 18.8 Å². The number of carbonyl (C=O) groups is 1. The summed E-state index contributed by atoms with van der Waals surface area (Å²) in [6.07, 6.45) is 0. The van der Waals surface area contributed by atoms with Crippen molar-refractivity contribution in [3.8, 4) is 5.75 Å². The number of carbonyl (C=O) groups excluding carboxylic acids is 1. The zero-order valence-corrected chi connectivity index (χ0v) is 13.2. The van der Waals surface area contributed by atoms with E-state index in [1.165, 1.54) is 47.4 Å². The first-order chi connectivity index (χ1) is 11.5. The average molecular weight is 347 g/mol. The highest BCUT2D eigenvalue weighted by molar-refractivity contribution is 7.87. The summed E-state index contributed by atoms with van der Waals surface area (Å²) in [6.45, 7) is 1.05. The third-order valence-corrected chi connectivity index (χ3v) is 4.71. The molecule has 2 amide bonds. The van der Waals surface area contributed by atoms with Crippen LogP contribution in [0.3, 0.4) is 0 Å². The molecule has 1 fully saturated rings. The lowest BCUT2D eigenvalue weighted by Crippen LogP contribution is -2.27. The van der Waals surface area contributed by atoms with Crippen LogP contribution in [0.25, 0.3) is 0 Å². The predicted octanol–water partition coefficient (Wildman–Crippen LogP) is 2.38. The van der Waals surface area contributed by atoms with Crippen molar-refractivity contribution in [3.63, 3.8) is 0 Å². The molecule has 0 unspecified atom stereocenters. The molecular weight excluding hydrogens is 334 g/mol. The Labute approximate surface area is 138 Å². The van der Waals surface area contributed by atoms with Crippen LogP contribution in [0.5, 0.6) is 5.75 Å². The van der Waals surface area contributed by atoms with Crippen LogP contribution in [-0.4, -0.2) is 27.5 Å². The quantitative estimate of drug-likeness (QED) is 0.660. The molecule has 2 aromatic rings. The number of amides is 2. The highest BCUT2D eigenvalue weighted by Gasteiger charge is 2.23. The van der Waals surface area contributed by atoms with E-state index in [0.29, 0.717) is 18.8 Å². The summed E-state index contributed by atoms with van der Waals surface area (Å²) < 4.78 is 29.6. The van der Waals surface area contributed by atoms with Gasteiger partial charge < -0.3 is 9.50 Å². The van der Waals surface area contributed by atoms with Crippen molar-refractivity contribution in [2.24, 2.45) is 5.18 Å². The molecule has 0 radical (unpaired) electrons. The van der Waals surface area contributed by atoms with E-state index < -0.39 is 10.1 Å². The topological polar surface area (TPSA) is 105 Å². The van der Waals surface area contributed by atoms with Gasteiger partial charge in [-0.2, -0.15) is 8.42 Å². The fraction of sp³-hybridized carbons (Fsp3) is 0.133. The van der Waals surface area contributed by atoms with E-state index in [4.69, 9.17) is 4.18 Å². The van der Waals surface area contributed by atoms with Crippen LogP contribution in [0, 0.1) is 4.91 Å². The maximum absolute atomic E-state index is 12.3. The third kappa shape index (κ3) is 3.06. The second kappa shape index (κ2) is 6.28. The Morgan fingerprint density at radius 3 is 2.42 bits per heavy atom. The van der Waals surface area contributed by atoms with Crippen molar-refractivity contribution >= 4 is 27.5 Å². The first-order valence-corrected chi connectivity index (χ1v) is 8.44. The van der Waals surface area contributed by atoms with Gasteiger partial charge in [0.05, 0.1) is 0 Å². The number of nitroso groups, excluding NO2 is 1. The van der Waals surface area contributed by atoms with E-state index in [9.17, 15) is 18.1 Å². The van der Waals surface area contributed by atoms with Crippen molar-refractivity contribution in [2.75, 3.05) is 18.0 Å². The molecule has 24 heavy (non-hydrogen) atoms. The van der Waals surface area contributed by atoms with Crippen LogP contribution in [0.1, 0.15) is 0 Å². The van der Waals surface area contributed by atoms with E-state index in [1.54, 1.807) is 6.07 Å². The van der Waals surface area contributed by atoms with Gasteiger partial charge in [-0.25, -0.2) is 4.79 Å². The normalized spacial score (nSPS) is 14.3. The molecule has 124 valence electrons. The van der Waals surface area contributed by atoms with Gasteiger partial charge in [0.15, 0.2) is 11.4 Å². The minimum absolute atomic E-state index is 0.0912. The molecule has 1 N–H and O–H groups in total. The molecule has 2 aromatic carbocycles. The number of anilines is 1. The smallest absolute Gasteiger partial charge is 0.339 e. The average Bonchev–Trinajstić information content (AvgIpc) is 3.01. The van der Waals surface area contributed by atoms with Gasteiger partial charge >= 0.3 is 16.1 Å². The Bertz CT molecular complexity index is 880. The summed E-state index contributed by atoms with van der Waals surface area (Å²) in [5.74, 6) is -0.143. The molecule has 0 aromatic heterocycles. The summed E-state index contributed by atoms with van der Waals surface area (Å²) in [5, 5.41) is 5.39. The van der Waals surface area contributed by atoms with Gasteiger partial charge in [0.2, 0.25) is 0 Å². The monoisotopic (exact) mass is 347 g/mol. The molecule has 3 rings (SSSR count). The molecule has 0 bridgehead atoms. The summed E-state index contributed by atoms with van der Waals surface area (Å²) in [7, 11) is -4.12. The van der Waals surface area contributed by atoms with Crippen molar-refractivity contribution < 1.29 is 17.4 Å². The minimum atomic E-state index is -4.12. The van der Waals surface area contributed by atoms with Gasteiger partial charge in [-0.1, -0.05) is 12.1 Å². The van der Waals surface area contributed by atoms with Crippen molar-refractivity contribution in [1.29, 1.82) is 0 Å². The Balaban J connectivity index is 1.85. The zero-order valence-electron chi connectivity index (χ0n) is 12.4. The SMILES string of the molecule is O=Nc1ccccc1OS(=O)(=O)c1ccc(N2CCNC2=O)cc1. The van der Waals surface area contributed by atoms with Crippen molar-refractivity contribution in [1.82, 2.24) is 5.32 Å². The van der Waals surface area contributed by atoms with E-state index in [-0.39, 0.29) is 22.4 Å². The number of nitrogens with one attached hydrogen (secondary N) is 1. The lowest BCUT2D eigenvalue weighted by molar-refractivity contribution is 0.252. The fourth-order valence-corrected chi connectivity index (χ4v) is 3.22. The Hall–Kier alpha value is -2.94. The van der Waals surface area contributed by atoms with Gasteiger partial charge in [-0.3, -0.25) is 4.90 Å². The van der Waals surface area contributed by atoms with Gasteiger partial charge in [0.1, 0.15) is 4.90 Å². The van der Waals surface area contributed by atoms with E-state index in [2.05, 4.69) is 10.5 Å². The van der Waals surface area contributed by atoms with Crippen LogP contribution in [0.2, 0.25) is 0 Å². The number of urea groups is 1. The van der Waals surface area contributed by atoms with Crippen LogP contribution >= 0.6 is 0 Å². The molecule has 1 heterocycles. The number of nitrogens with zero attached hydrogens (tertiary/aromatic N) is 2. The van der Waals surface area contributed by atoms with E-state index >= 15 is 0 Å². The standard InChI is InChI=1S/C15H13N3O5S/c19-15-16-9-10-18(15)11-5-7-12(8-6-11)24(21,22)23-14-4-2-1-3-13(14)17-20/h1-8H,9-10H2,(H,16,19).